The van der Waals surface area contributed by atoms with Crippen LogP contribution in [0.15, 0.2) is 55.4 Å². The minimum atomic E-state index is 0.513. The van der Waals surface area contributed by atoms with E-state index in [2.05, 4.69) is 61.1 Å². The molecule has 1 aliphatic heterocycles. The van der Waals surface area contributed by atoms with Gasteiger partial charge in [-0.2, -0.15) is 5.10 Å². The molecule has 2 atom stereocenters. The minimum absolute atomic E-state index is 0.513. The normalized spacial score (nSPS) is 18.1. The van der Waals surface area contributed by atoms with Gasteiger partial charge in [-0.15, -0.1) is 0 Å². The van der Waals surface area contributed by atoms with Crippen molar-refractivity contribution in [2.24, 2.45) is 0 Å². The van der Waals surface area contributed by atoms with Crippen LogP contribution in [0.4, 0.5) is 5.82 Å². The van der Waals surface area contributed by atoms with Crippen LogP contribution in [0.1, 0.15) is 44.9 Å². The summed E-state index contributed by atoms with van der Waals surface area (Å²) in [4.78, 5) is 12.3. The van der Waals surface area contributed by atoms with Crippen LogP contribution in [0.25, 0.3) is 28.2 Å². The first-order valence-corrected chi connectivity index (χ1v) is 12.0. The summed E-state index contributed by atoms with van der Waals surface area (Å²) >= 11 is 0. The van der Waals surface area contributed by atoms with E-state index in [1.807, 2.05) is 29.2 Å². The molecule has 0 spiro atoms. The van der Waals surface area contributed by atoms with Crippen molar-refractivity contribution in [1.82, 2.24) is 24.3 Å². The van der Waals surface area contributed by atoms with Crippen molar-refractivity contribution >= 4 is 22.6 Å². The Morgan fingerprint density at radius 2 is 1.91 bits per heavy atom. The highest BCUT2D eigenvalue weighted by Crippen LogP contribution is 2.32. The summed E-state index contributed by atoms with van der Waals surface area (Å²) in [5.74, 6) is 2.53. The molecule has 4 heterocycles. The Balaban J connectivity index is 1.57. The number of fused-ring (bicyclic) bond motifs is 1. The highest BCUT2D eigenvalue weighted by atomic mass is 16.5. The molecule has 176 valence electrons. The van der Waals surface area contributed by atoms with E-state index in [0.717, 1.165) is 46.0 Å². The molecule has 1 saturated heterocycles. The van der Waals surface area contributed by atoms with Gasteiger partial charge in [0.1, 0.15) is 17.4 Å². The first-order valence-electron chi connectivity index (χ1n) is 12.0. The number of hydrogen-bond acceptors (Lipinski definition) is 5. The third-order valence-corrected chi connectivity index (χ3v) is 6.88. The molecular formula is C27H32N6O. The predicted octanol–water partition coefficient (Wildman–Crippen LogP) is 5.36. The molecule has 0 radical (unpaired) electrons. The number of benzene rings is 1. The molecule has 5 rings (SSSR count). The number of anilines is 1. The fourth-order valence-corrected chi connectivity index (χ4v) is 4.95. The van der Waals surface area contributed by atoms with Crippen LogP contribution in [0.2, 0.25) is 0 Å². The number of rotatable bonds is 7. The largest absolute Gasteiger partial charge is 0.497 e. The lowest BCUT2D eigenvalue weighted by Gasteiger charge is -2.27. The molecule has 7 nitrogen and oxygen atoms in total. The molecule has 1 fully saturated rings. The van der Waals surface area contributed by atoms with Gasteiger partial charge in [0.25, 0.3) is 0 Å². The van der Waals surface area contributed by atoms with Crippen molar-refractivity contribution in [1.29, 1.82) is 0 Å². The molecule has 0 amide bonds. The van der Waals surface area contributed by atoms with Crippen LogP contribution >= 0.6 is 0 Å². The van der Waals surface area contributed by atoms with E-state index in [4.69, 9.17) is 19.8 Å². The van der Waals surface area contributed by atoms with E-state index in [0.29, 0.717) is 24.4 Å². The fourth-order valence-electron chi connectivity index (χ4n) is 4.95. The van der Waals surface area contributed by atoms with Crippen LogP contribution in [0, 0.1) is 0 Å². The summed E-state index contributed by atoms with van der Waals surface area (Å²) in [6, 6.07) is 13.5. The van der Waals surface area contributed by atoms with Gasteiger partial charge in [-0.3, -0.25) is 4.68 Å². The topological polar surface area (TPSA) is 61.0 Å². The summed E-state index contributed by atoms with van der Waals surface area (Å²) < 4.78 is 9.51. The summed E-state index contributed by atoms with van der Waals surface area (Å²) in [5, 5.41) is 4.70. The van der Waals surface area contributed by atoms with E-state index in [1.54, 1.807) is 7.11 Å². The lowest BCUT2D eigenvalue weighted by atomic mass is 10.2. The van der Waals surface area contributed by atoms with E-state index in [1.165, 1.54) is 12.8 Å². The number of aryl methyl sites for hydroxylation is 1. The van der Waals surface area contributed by atoms with Crippen molar-refractivity contribution in [3.8, 4) is 11.4 Å². The first kappa shape index (κ1) is 22.2. The van der Waals surface area contributed by atoms with Crippen molar-refractivity contribution in [3.05, 3.63) is 66.6 Å². The van der Waals surface area contributed by atoms with Crippen LogP contribution in [0.3, 0.4) is 0 Å². The molecule has 4 aromatic rings. The van der Waals surface area contributed by atoms with Crippen LogP contribution in [-0.4, -0.2) is 43.5 Å². The Bertz CT molecular complexity index is 1310. The Morgan fingerprint density at radius 3 is 2.56 bits per heavy atom. The smallest absolute Gasteiger partial charge is 0.143 e. The van der Waals surface area contributed by atoms with E-state index >= 15 is 0 Å². The number of imidazole rings is 1. The molecule has 7 heteroatoms. The lowest BCUT2D eigenvalue weighted by Crippen LogP contribution is -2.33. The van der Waals surface area contributed by atoms with E-state index in [9.17, 15) is 0 Å². The molecule has 3 aromatic heterocycles. The Kier molecular flexibility index (Phi) is 5.86. The zero-order valence-corrected chi connectivity index (χ0v) is 20.4. The molecule has 1 aliphatic rings. The average molecular weight is 457 g/mol. The molecular weight excluding hydrogens is 424 g/mol. The molecule has 1 aromatic carbocycles. The highest BCUT2D eigenvalue weighted by Gasteiger charge is 2.28. The van der Waals surface area contributed by atoms with Gasteiger partial charge in [-0.25, -0.2) is 9.97 Å². The lowest BCUT2D eigenvalue weighted by molar-refractivity contribution is 0.371. The maximum absolute atomic E-state index is 5.34. The third kappa shape index (κ3) is 3.95. The number of pyridine rings is 1. The van der Waals surface area contributed by atoms with Gasteiger partial charge in [-0.05, 0) is 70.0 Å². The van der Waals surface area contributed by atoms with Gasteiger partial charge < -0.3 is 14.2 Å². The number of ether oxygens (including phenoxy) is 1. The zero-order valence-electron chi connectivity index (χ0n) is 20.4. The molecule has 34 heavy (non-hydrogen) atoms. The average Bonchev–Trinajstić information content (AvgIpc) is 3.56. The van der Waals surface area contributed by atoms with Crippen LogP contribution in [0.5, 0.6) is 0 Å². The van der Waals surface area contributed by atoms with Crippen LogP contribution < -0.4 is 4.90 Å². The van der Waals surface area contributed by atoms with Gasteiger partial charge >= 0.3 is 0 Å². The van der Waals surface area contributed by atoms with Crippen molar-refractivity contribution in [3.63, 3.8) is 0 Å². The van der Waals surface area contributed by atoms with Crippen molar-refractivity contribution < 1.29 is 4.74 Å². The molecule has 0 saturated carbocycles. The summed E-state index contributed by atoms with van der Waals surface area (Å²) in [5.41, 5.74) is 4.84. The summed E-state index contributed by atoms with van der Waals surface area (Å²) in [6.45, 7) is 12.1. The van der Waals surface area contributed by atoms with Crippen molar-refractivity contribution in [2.45, 2.75) is 58.8 Å². The van der Waals surface area contributed by atoms with Crippen molar-refractivity contribution in [2.75, 3.05) is 12.0 Å². The summed E-state index contributed by atoms with van der Waals surface area (Å²) in [6.07, 6.45) is 6.38. The van der Waals surface area contributed by atoms with Gasteiger partial charge in [0, 0.05) is 42.1 Å². The van der Waals surface area contributed by atoms with E-state index in [-0.39, 0.29) is 0 Å². The molecule has 0 aliphatic carbocycles. The third-order valence-electron chi connectivity index (χ3n) is 6.88. The maximum Gasteiger partial charge on any atom is 0.143 e. The Hall–Kier alpha value is -3.61. The predicted molar refractivity (Wildman–Crippen MR) is 137 cm³/mol. The van der Waals surface area contributed by atoms with E-state index < -0.39 is 0 Å². The second-order valence-electron chi connectivity index (χ2n) is 9.10. The number of aromatic nitrogens is 5. The minimum Gasteiger partial charge on any atom is -0.497 e. The Morgan fingerprint density at radius 1 is 1.12 bits per heavy atom. The second kappa shape index (κ2) is 8.97. The van der Waals surface area contributed by atoms with Gasteiger partial charge in [0.15, 0.2) is 0 Å². The highest BCUT2D eigenvalue weighted by molar-refractivity contribution is 5.83. The zero-order chi connectivity index (χ0) is 23.8. The van der Waals surface area contributed by atoms with Gasteiger partial charge in [-0.1, -0.05) is 6.58 Å². The molecule has 0 N–H and O–H groups in total. The van der Waals surface area contributed by atoms with Gasteiger partial charge in [0.05, 0.1) is 30.4 Å². The summed E-state index contributed by atoms with van der Waals surface area (Å²) in [7, 11) is 1.63. The van der Waals surface area contributed by atoms with Crippen LogP contribution in [-0.2, 0) is 17.8 Å². The van der Waals surface area contributed by atoms with Gasteiger partial charge in [0.2, 0.25) is 0 Å². The molecule has 0 unspecified atom stereocenters. The fraction of sp³-hybridized carbons (Fsp3) is 0.370. The SMILES string of the molecule is C=C(OC)c1ccc2c(c1)nc(-c1ccc(N3[C@@H](C)CC[C@@H]3C)nc1)n2Cc1ccn(CC)n1. The Labute approximate surface area is 200 Å². The maximum atomic E-state index is 5.34. The number of methoxy groups -OCH3 is 1. The number of hydrogen-bond donors (Lipinski definition) is 0. The standard InChI is InChI=1S/C27H32N6O/c1-6-31-14-13-23(30-31)17-32-25-11-9-21(20(4)34-5)15-24(25)29-27(32)22-10-12-26(28-16-22)33-18(2)7-8-19(33)3/h9-16,18-19H,4,6-8,17H2,1-3,5H3/t18-,19-/m0/s1. The first-order chi connectivity index (χ1) is 16.5. The second-order valence-corrected chi connectivity index (χ2v) is 9.10. The molecule has 0 bridgehead atoms. The quantitative estimate of drug-likeness (QED) is 0.351. The monoisotopic (exact) mass is 456 g/mol. The number of nitrogens with zero attached hydrogens (tertiary/aromatic N) is 6.